The Morgan fingerprint density at radius 1 is 1.25 bits per heavy atom. The van der Waals surface area contributed by atoms with Crippen LogP contribution in [0.25, 0.3) is 5.69 Å². The highest BCUT2D eigenvalue weighted by molar-refractivity contribution is 5.88. The zero-order valence-electron chi connectivity index (χ0n) is 13.6. The molecule has 24 heavy (non-hydrogen) atoms. The van der Waals surface area contributed by atoms with Crippen LogP contribution in [-0.2, 0) is 9.47 Å². The summed E-state index contributed by atoms with van der Waals surface area (Å²) in [6.07, 6.45) is 8.02. The van der Waals surface area contributed by atoms with Crippen LogP contribution in [0.15, 0.2) is 24.8 Å². The predicted octanol–water partition coefficient (Wildman–Crippen LogP) is 1.77. The number of ether oxygens (including phenoxy) is 2. The van der Waals surface area contributed by atoms with Crippen LogP contribution in [0, 0.1) is 0 Å². The molecule has 2 fully saturated rings. The fourth-order valence-corrected chi connectivity index (χ4v) is 2.97. The predicted molar refractivity (Wildman–Crippen MR) is 87.7 cm³/mol. The molecule has 126 valence electrons. The molecule has 1 saturated carbocycles. The van der Waals surface area contributed by atoms with Crippen molar-refractivity contribution in [1.29, 1.82) is 0 Å². The largest absolute Gasteiger partial charge is 0.464 e. The van der Waals surface area contributed by atoms with E-state index in [0.717, 1.165) is 30.2 Å². The monoisotopic (exact) mass is 328 g/mol. The summed E-state index contributed by atoms with van der Waals surface area (Å²) in [5.74, 6) is 0.146. The molecule has 2 aromatic heterocycles. The molecule has 0 atom stereocenters. The maximum absolute atomic E-state index is 11.9. The van der Waals surface area contributed by atoms with E-state index in [9.17, 15) is 4.79 Å². The summed E-state index contributed by atoms with van der Waals surface area (Å²) in [5, 5.41) is 0. The van der Waals surface area contributed by atoms with E-state index in [0.29, 0.717) is 24.8 Å². The molecule has 1 saturated heterocycles. The Morgan fingerprint density at radius 3 is 2.75 bits per heavy atom. The number of carbonyl (C=O) groups is 1. The van der Waals surface area contributed by atoms with Gasteiger partial charge in [0, 0.05) is 25.2 Å². The maximum Gasteiger partial charge on any atom is 0.356 e. The van der Waals surface area contributed by atoms with E-state index < -0.39 is 5.97 Å². The lowest BCUT2D eigenvalue weighted by Crippen LogP contribution is -2.37. The number of hydrogen-bond donors (Lipinski definition) is 0. The quantitative estimate of drug-likeness (QED) is 0.797. The number of carbonyl (C=O) groups excluding carboxylic acids is 1. The van der Waals surface area contributed by atoms with E-state index in [1.165, 1.54) is 20.0 Å². The Morgan fingerprint density at radius 2 is 2.04 bits per heavy atom. The van der Waals surface area contributed by atoms with Crippen LogP contribution in [0.5, 0.6) is 0 Å². The van der Waals surface area contributed by atoms with Gasteiger partial charge < -0.3 is 18.9 Å². The number of rotatable bonds is 4. The van der Waals surface area contributed by atoms with Gasteiger partial charge in [-0.15, -0.1) is 0 Å². The molecule has 0 bridgehead atoms. The Kier molecular flexibility index (Phi) is 3.93. The van der Waals surface area contributed by atoms with Gasteiger partial charge in [-0.3, -0.25) is 0 Å². The number of aromatic nitrogens is 3. The molecule has 0 radical (unpaired) electrons. The van der Waals surface area contributed by atoms with Gasteiger partial charge in [-0.1, -0.05) is 0 Å². The third kappa shape index (κ3) is 2.87. The van der Waals surface area contributed by atoms with Crippen molar-refractivity contribution in [3.63, 3.8) is 0 Å². The first-order chi connectivity index (χ1) is 11.8. The van der Waals surface area contributed by atoms with Gasteiger partial charge in [-0.25, -0.2) is 14.8 Å². The van der Waals surface area contributed by atoms with Crippen molar-refractivity contribution in [2.45, 2.75) is 18.8 Å². The molecular weight excluding hydrogens is 308 g/mol. The van der Waals surface area contributed by atoms with Crippen LogP contribution in [0.2, 0.25) is 0 Å². The molecule has 0 amide bonds. The molecule has 7 nitrogen and oxygen atoms in total. The molecular formula is C17H20N4O3. The number of nitrogens with zero attached hydrogens (tertiary/aromatic N) is 4. The van der Waals surface area contributed by atoms with Gasteiger partial charge in [0.05, 0.1) is 49.9 Å². The van der Waals surface area contributed by atoms with Gasteiger partial charge in [0.2, 0.25) is 0 Å². The summed E-state index contributed by atoms with van der Waals surface area (Å²) in [7, 11) is 1.36. The summed E-state index contributed by atoms with van der Waals surface area (Å²) in [6.45, 7) is 2.98. The highest BCUT2D eigenvalue weighted by atomic mass is 16.5. The maximum atomic E-state index is 11.9. The van der Waals surface area contributed by atoms with Gasteiger partial charge in [0.1, 0.15) is 0 Å². The fourth-order valence-electron chi connectivity index (χ4n) is 2.97. The van der Waals surface area contributed by atoms with Crippen LogP contribution in [0.1, 0.15) is 34.9 Å². The Balaban J connectivity index is 1.75. The SMILES string of the molecule is COC(=O)c1cc(-n2cnc(C3CC3)c2)c(N2CCOCC2)cn1. The summed E-state index contributed by atoms with van der Waals surface area (Å²) < 4.78 is 12.2. The van der Waals surface area contributed by atoms with E-state index in [2.05, 4.69) is 21.1 Å². The first-order valence-electron chi connectivity index (χ1n) is 8.21. The van der Waals surface area contributed by atoms with Crippen molar-refractivity contribution in [3.05, 3.63) is 36.2 Å². The molecule has 2 aromatic rings. The second kappa shape index (κ2) is 6.24. The minimum Gasteiger partial charge on any atom is -0.464 e. The fraction of sp³-hybridized carbons (Fsp3) is 0.471. The van der Waals surface area contributed by atoms with E-state index >= 15 is 0 Å². The lowest BCUT2D eigenvalue weighted by molar-refractivity contribution is 0.0594. The molecule has 0 N–H and O–H groups in total. The topological polar surface area (TPSA) is 69.5 Å². The normalized spacial score (nSPS) is 17.8. The van der Waals surface area contributed by atoms with E-state index in [1.807, 2.05) is 10.9 Å². The number of esters is 1. The zero-order valence-corrected chi connectivity index (χ0v) is 13.6. The molecule has 0 unspecified atom stereocenters. The molecule has 0 aromatic carbocycles. The first-order valence-corrected chi connectivity index (χ1v) is 8.21. The van der Waals surface area contributed by atoms with Gasteiger partial charge in [0.25, 0.3) is 0 Å². The zero-order chi connectivity index (χ0) is 16.5. The lowest BCUT2D eigenvalue weighted by Gasteiger charge is -2.30. The van der Waals surface area contributed by atoms with Gasteiger partial charge in [-0.2, -0.15) is 0 Å². The molecule has 1 aliphatic heterocycles. The van der Waals surface area contributed by atoms with Crippen molar-refractivity contribution in [3.8, 4) is 5.69 Å². The van der Waals surface area contributed by atoms with Crippen LogP contribution in [-0.4, -0.2) is 53.9 Å². The average Bonchev–Trinajstić information content (AvgIpc) is 3.38. The summed E-state index contributed by atoms with van der Waals surface area (Å²) in [6, 6.07) is 1.77. The highest BCUT2D eigenvalue weighted by Crippen LogP contribution is 2.39. The minimum absolute atomic E-state index is 0.297. The number of anilines is 1. The number of hydrogen-bond acceptors (Lipinski definition) is 6. The number of imidazole rings is 1. The Hall–Kier alpha value is -2.41. The van der Waals surface area contributed by atoms with Crippen molar-refractivity contribution in [2.24, 2.45) is 0 Å². The molecule has 7 heteroatoms. The second-order valence-corrected chi connectivity index (χ2v) is 6.13. The summed E-state index contributed by atoms with van der Waals surface area (Å²) in [4.78, 5) is 22.9. The minimum atomic E-state index is -0.438. The lowest BCUT2D eigenvalue weighted by atomic mass is 10.2. The van der Waals surface area contributed by atoms with E-state index in [1.54, 1.807) is 12.3 Å². The van der Waals surface area contributed by atoms with Crippen LogP contribution >= 0.6 is 0 Å². The highest BCUT2D eigenvalue weighted by Gasteiger charge is 2.26. The Labute approximate surface area is 140 Å². The van der Waals surface area contributed by atoms with Crippen LogP contribution < -0.4 is 4.90 Å². The average molecular weight is 328 g/mol. The molecule has 3 heterocycles. The third-order valence-corrected chi connectivity index (χ3v) is 4.48. The van der Waals surface area contributed by atoms with Crippen LogP contribution in [0.4, 0.5) is 5.69 Å². The standard InChI is InChI=1S/C17H20N4O3/c1-23-17(22)13-8-15(21-10-14(19-11-21)12-2-3-12)16(9-18-13)20-4-6-24-7-5-20/h8-12H,2-7H2,1H3. The van der Waals surface area contributed by atoms with Crippen molar-refractivity contribution in [2.75, 3.05) is 38.3 Å². The molecule has 1 aliphatic carbocycles. The van der Waals surface area contributed by atoms with E-state index in [4.69, 9.17) is 9.47 Å². The van der Waals surface area contributed by atoms with Gasteiger partial charge in [0.15, 0.2) is 5.69 Å². The molecule has 2 aliphatic rings. The molecule has 0 spiro atoms. The van der Waals surface area contributed by atoms with Gasteiger partial charge >= 0.3 is 5.97 Å². The van der Waals surface area contributed by atoms with Crippen molar-refractivity contribution in [1.82, 2.24) is 14.5 Å². The van der Waals surface area contributed by atoms with Crippen molar-refractivity contribution < 1.29 is 14.3 Å². The third-order valence-electron chi connectivity index (χ3n) is 4.48. The smallest absolute Gasteiger partial charge is 0.356 e. The van der Waals surface area contributed by atoms with Crippen molar-refractivity contribution >= 4 is 11.7 Å². The van der Waals surface area contributed by atoms with Crippen LogP contribution in [0.3, 0.4) is 0 Å². The number of morpholine rings is 1. The second-order valence-electron chi connectivity index (χ2n) is 6.13. The number of methoxy groups -OCH3 is 1. The Bertz CT molecular complexity index is 748. The number of pyridine rings is 1. The summed E-state index contributed by atoms with van der Waals surface area (Å²) >= 11 is 0. The van der Waals surface area contributed by atoms with Gasteiger partial charge in [-0.05, 0) is 18.9 Å². The summed E-state index contributed by atoms with van der Waals surface area (Å²) in [5.41, 5.74) is 3.28. The first kappa shape index (κ1) is 15.1. The van der Waals surface area contributed by atoms with E-state index in [-0.39, 0.29) is 0 Å². The molecule has 4 rings (SSSR count).